The summed E-state index contributed by atoms with van der Waals surface area (Å²) in [6.45, 7) is 4.41. The van der Waals surface area contributed by atoms with Gasteiger partial charge in [0.2, 0.25) is 0 Å². The monoisotopic (exact) mass is 256 g/mol. The summed E-state index contributed by atoms with van der Waals surface area (Å²) in [6.07, 6.45) is 1.12. The van der Waals surface area contributed by atoms with Crippen LogP contribution < -0.4 is 11.1 Å². The van der Waals surface area contributed by atoms with Crippen molar-refractivity contribution in [2.45, 2.75) is 18.8 Å². The van der Waals surface area contributed by atoms with Crippen molar-refractivity contribution >= 4 is 18.1 Å². The number of nitrogens with two attached hydrogens (primary N) is 1. The summed E-state index contributed by atoms with van der Waals surface area (Å²) in [5, 5.41) is 3.40. The number of benzene rings is 1. The van der Waals surface area contributed by atoms with E-state index in [-0.39, 0.29) is 29.3 Å². The quantitative estimate of drug-likeness (QED) is 0.797. The lowest BCUT2D eigenvalue weighted by molar-refractivity contribution is 0.501. The van der Waals surface area contributed by atoms with Crippen molar-refractivity contribution in [2.24, 2.45) is 11.8 Å². The Bertz CT molecular complexity index is 425. The molecule has 0 radical (unpaired) electrons. The zero-order chi connectivity index (χ0) is 11.3. The van der Waals surface area contributed by atoms with Gasteiger partial charge in [0.25, 0.3) is 0 Å². The number of hydrogen-bond donors (Lipinski definition) is 2. The predicted molar refractivity (Wildman–Crippen MR) is 69.9 cm³/mol. The van der Waals surface area contributed by atoms with Gasteiger partial charge in [-0.25, -0.2) is 4.39 Å². The molecule has 0 aromatic heterocycles. The van der Waals surface area contributed by atoms with Crippen LogP contribution in [0.4, 0.5) is 10.1 Å². The molecule has 1 aliphatic carbocycles. The van der Waals surface area contributed by atoms with Gasteiger partial charge in [-0.05, 0) is 49.0 Å². The molecule has 3 N–H and O–H groups in total. The third-order valence-electron chi connectivity index (χ3n) is 4.55. The van der Waals surface area contributed by atoms with Gasteiger partial charge in [0.1, 0.15) is 5.82 Å². The summed E-state index contributed by atoms with van der Waals surface area (Å²) in [7, 11) is 0. The molecule has 0 amide bonds. The van der Waals surface area contributed by atoms with Gasteiger partial charge in [-0.1, -0.05) is 13.0 Å². The lowest BCUT2D eigenvalue weighted by Crippen LogP contribution is -2.25. The molecule has 1 aromatic rings. The molecule has 1 aliphatic heterocycles. The summed E-state index contributed by atoms with van der Waals surface area (Å²) in [6, 6.07) is 5.24. The molecule has 17 heavy (non-hydrogen) atoms. The Morgan fingerprint density at radius 2 is 2.06 bits per heavy atom. The van der Waals surface area contributed by atoms with Crippen molar-refractivity contribution in [1.82, 2.24) is 5.32 Å². The number of hydrogen-bond acceptors (Lipinski definition) is 2. The summed E-state index contributed by atoms with van der Waals surface area (Å²) in [5.74, 6) is 1.14. The highest BCUT2D eigenvalue weighted by Gasteiger charge is 2.65. The van der Waals surface area contributed by atoms with E-state index in [2.05, 4.69) is 12.2 Å². The van der Waals surface area contributed by atoms with Crippen molar-refractivity contribution in [2.75, 3.05) is 18.8 Å². The predicted octanol–water partition coefficient (Wildman–Crippen LogP) is 2.33. The summed E-state index contributed by atoms with van der Waals surface area (Å²) < 4.78 is 13.2. The number of nitrogen functional groups attached to an aromatic ring is 1. The largest absolute Gasteiger partial charge is 0.396 e. The highest BCUT2D eigenvalue weighted by atomic mass is 35.5. The van der Waals surface area contributed by atoms with E-state index in [1.807, 2.05) is 12.1 Å². The summed E-state index contributed by atoms with van der Waals surface area (Å²) in [5.41, 5.74) is 7.44. The second kappa shape index (κ2) is 4.14. The molecule has 2 nitrogen and oxygen atoms in total. The SMILES string of the molecule is CCC1(c2ccc(F)c(N)c2)C2CNCC21.Cl. The van der Waals surface area contributed by atoms with Crippen LogP contribution in [0.5, 0.6) is 0 Å². The maximum Gasteiger partial charge on any atom is 0.146 e. The lowest BCUT2D eigenvalue weighted by Gasteiger charge is -2.20. The molecule has 2 atom stereocenters. The van der Waals surface area contributed by atoms with E-state index >= 15 is 0 Å². The van der Waals surface area contributed by atoms with Crippen LogP contribution in [0.2, 0.25) is 0 Å². The van der Waals surface area contributed by atoms with Gasteiger partial charge in [-0.2, -0.15) is 0 Å². The third kappa shape index (κ3) is 1.56. The van der Waals surface area contributed by atoms with Gasteiger partial charge in [-0.15, -0.1) is 12.4 Å². The van der Waals surface area contributed by atoms with E-state index in [9.17, 15) is 4.39 Å². The zero-order valence-corrected chi connectivity index (χ0v) is 10.7. The standard InChI is InChI=1S/C13H17FN2.ClH/c1-2-13(9-6-16-7-10(9)13)8-3-4-11(14)12(15)5-8;/h3-5,9-10,16H,2,6-7,15H2,1H3;1H. The second-order valence-corrected chi connectivity index (χ2v) is 5.00. The first-order valence-electron chi connectivity index (χ1n) is 5.96. The summed E-state index contributed by atoms with van der Waals surface area (Å²) in [4.78, 5) is 0. The van der Waals surface area contributed by atoms with Crippen molar-refractivity contribution in [3.05, 3.63) is 29.6 Å². The second-order valence-electron chi connectivity index (χ2n) is 5.00. The van der Waals surface area contributed by atoms with Crippen molar-refractivity contribution in [3.63, 3.8) is 0 Å². The highest BCUT2D eigenvalue weighted by molar-refractivity contribution is 5.85. The van der Waals surface area contributed by atoms with Crippen LogP contribution in [0.25, 0.3) is 0 Å². The van der Waals surface area contributed by atoms with E-state index < -0.39 is 0 Å². The van der Waals surface area contributed by atoms with Crippen molar-refractivity contribution < 1.29 is 4.39 Å². The fraction of sp³-hybridized carbons (Fsp3) is 0.538. The van der Waals surface area contributed by atoms with E-state index in [4.69, 9.17) is 5.73 Å². The van der Waals surface area contributed by atoms with E-state index in [0.717, 1.165) is 31.3 Å². The molecule has 0 bridgehead atoms. The van der Waals surface area contributed by atoms with Crippen LogP contribution in [0.1, 0.15) is 18.9 Å². The van der Waals surface area contributed by atoms with Crippen LogP contribution >= 0.6 is 12.4 Å². The minimum atomic E-state index is -0.307. The number of rotatable bonds is 2. The Balaban J connectivity index is 0.00000108. The molecule has 94 valence electrons. The van der Waals surface area contributed by atoms with E-state index in [0.29, 0.717) is 0 Å². The van der Waals surface area contributed by atoms with Gasteiger partial charge < -0.3 is 11.1 Å². The maximum absolute atomic E-state index is 13.2. The topological polar surface area (TPSA) is 38.0 Å². The average molecular weight is 257 g/mol. The van der Waals surface area contributed by atoms with Gasteiger partial charge in [0, 0.05) is 5.41 Å². The molecule has 0 spiro atoms. The maximum atomic E-state index is 13.2. The van der Waals surface area contributed by atoms with Crippen LogP contribution in [0.15, 0.2) is 18.2 Å². The highest BCUT2D eigenvalue weighted by Crippen LogP contribution is 2.63. The molecule has 1 saturated carbocycles. The molecular weight excluding hydrogens is 239 g/mol. The van der Waals surface area contributed by atoms with Gasteiger partial charge in [0.05, 0.1) is 5.69 Å². The summed E-state index contributed by atoms with van der Waals surface area (Å²) >= 11 is 0. The minimum absolute atomic E-state index is 0. The Morgan fingerprint density at radius 3 is 2.59 bits per heavy atom. The number of fused-ring (bicyclic) bond motifs is 1. The smallest absolute Gasteiger partial charge is 0.146 e. The van der Waals surface area contributed by atoms with E-state index in [1.54, 1.807) is 0 Å². The van der Waals surface area contributed by atoms with Crippen molar-refractivity contribution in [1.29, 1.82) is 0 Å². The number of nitrogens with one attached hydrogen (secondary N) is 1. The van der Waals surface area contributed by atoms with Gasteiger partial charge in [0.15, 0.2) is 0 Å². The molecule has 1 aromatic carbocycles. The molecular formula is C13H18ClFN2. The minimum Gasteiger partial charge on any atom is -0.396 e. The Morgan fingerprint density at radius 1 is 1.41 bits per heavy atom. The van der Waals surface area contributed by atoms with Gasteiger partial charge >= 0.3 is 0 Å². The van der Waals surface area contributed by atoms with Crippen molar-refractivity contribution in [3.8, 4) is 0 Å². The molecule has 3 rings (SSSR count). The Kier molecular flexibility index (Phi) is 3.08. The third-order valence-corrected chi connectivity index (χ3v) is 4.55. The Hall–Kier alpha value is -0.800. The molecule has 4 heteroatoms. The molecule has 2 unspecified atom stereocenters. The van der Waals surface area contributed by atoms with E-state index in [1.165, 1.54) is 11.6 Å². The first-order valence-corrected chi connectivity index (χ1v) is 5.96. The Labute approximate surface area is 107 Å². The van der Waals surface area contributed by atoms with Crippen LogP contribution in [-0.4, -0.2) is 13.1 Å². The first kappa shape index (κ1) is 12.7. The van der Waals surface area contributed by atoms with Gasteiger partial charge in [-0.3, -0.25) is 0 Å². The average Bonchev–Trinajstić information content (AvgIpc) is 2.68. The zero-order valence-electron chi connectivity index (χ0n) is 9.87. The van der Waals surface area contributed by atoms with Crippen LogP contribution in [0, 0.1) is 17.7 Å². The first-order chi connectivity index (χ1) is 7.70. The normalized spacial score (nSPS) is 34.0. The number of piperidine rings is 1. The van der Waals surface area contributed by atoms with Crippen LogP contribution in [-0.2, 0) is 5.41 Å². The molecule has 1 heterocycles. The molecule has 1 saturated heterocycles. The number of halogens is 2. The fourth-order valence-corrected chi connectivity index (χ4v) is 3.64. The fourth-order valence-electron chi connectivity index (χ4n) is 3.64. The number of anilines is 1. The lowest BCUT2D eigenvalue weighted by atomic mass is 9.87. The molecule has 2 fully saturated rings. The van der Waals surface area contributed by atoms with Crippen LogP contribution in [0.3, 0.4) is 0 Å². The molecule has 2 aliphatic rings.